The predicted molar refractivity (Wildman–Crippen MR) is 76.9 cm³/mol. The third-order valence-corrected chi connectivity index (χ3v) is 3.48. The molecular formula is C16H17F3O4. The minimum Gasteiger partial charge on any atom is -0.478 e. The number of carboxylic acid groups (broad SMARTS) is 1. The lowest BCUT2D eigenvalue weighted by Gasteiger charge is -2.38. The van der Waals surface area contributed by atoms with E-state index in [1.54, 1.807) is 6.07 Å². The fraction of sp³-hybridized carbons (Fsp3) is 0.438. The molecule has 1 aromatic carbocycles. The molecule has 0 unspecified atom stereocenters. The van der Waals surface area contributed by atoms with Gasteiger partial charge in [0, 0.05) is 5.56 Å². The second-order valence-corrected chi connectivity index (χ2v) is 5.17. The van der Waals surface area contributed by atoms with Gasteiger partial charge in [-0.15, -0.1) is 0 Å². The minimum absolute atomic E-state index is 0.0645. The second kappa shape index (κ2) is 6.62. The van der Waals surface area contributed by atoms with Gasteiger partial charge in [-0.05, 0) is 18.6 Å². The lowest BCUT2D eigenvalue weighted by molar-refractivity contribution is -0.334. The van der Waals surface area contributed by atoms with Crippen molar-refractivity contribution in [2.24, 2.45) is 0 Å². The van der Waals surface area contributed by atoms with Gasteiger partial charge in [0.15, 0.2) is 0 Å². The fourth-order valence-corrected chi connectivity index (χ4v) is 2.32. The lowest BCUT2D eigenvalue weighted by atomic mass is 9.97. The molecule has 1 N–H and O–H groups in total. The number of carboxylic acids is 1. The van der Waals surface area contributed by atoms with Gasteiger partial charge >= 0.3 is 17.9 Å². The Morgan fingerprint density at radius 3 is 2.61 bits per heavy atom. The highest BCUT2D eigenvalue weighted by Crippen LogP contribution is 2.46. The van der Waals surface area contributed by atoms with Crippen LogP contribution in [0.25, 0.3) is 6.08 Å². The number of unbranched alkanes of at least 4 members (excludes halogenated alkanes) is 2. The molecule has 0 aromatic heterocycles. The highest BCUT2D eigenvalue weighted by Gasteiger charge is 2.65. The molecule has 0 radical (unpaired) electrons. The van der Waals surface area contributed by atoms with Crippen molar-refractivity contribution in [1.29, 1.82) is 0 Å². The molecule has 1 aliphatic heterocycles. The summed E-state index contributed by atoms with van der Waals surface area (Å²) in [5, 5.41) is 9.24. The summed E-state index contributed by atoms with van der Waals surface area (Å²) in [7, 11) is 0. The number of para-hydroxylation sites is 1. The smallest absolute Gasteiger partial charge is 0.460 e. The molecule has 1 heterocycles. The van der Waals surface area contributed by atoms with E-state index in [0.29, 0.717) is 12.8 Å². The van der Waals surface area contributed by atoms with Crippen molar-refractivity contribution in [3.05, 3.63) is 35.4 Å². The van der Waals surface area contributed by atoms with Gasteiger partial charge in [0.1, 0.15) is 11.3 Å². The molecule has 2 rings (SSSR count). The molecule has 23 heavy (non-hydrogen) atoms. The Bertz CT molecular complexity index is 610. The number of hydrogen-bond acceptors (Lipinski definition) is 3. The van der Waals surface area contributed by atoms with Crippen LogP contribution in [0.3, 0.4) is 0 Å². The van der Waals surface area contributed by atoms with Crippen LogP contribution in [0.2, 0.25) is 0 Å². The fourth-order valence-electron chi connectivity index (χ4n) is 2.32. The van der Waals surface area contributed by atoms with E-state index >= 15 is 0 Å². The van der Waals surface area contributed by atoms with Gasteiger partial charge < -0.3 is 14.6 Å². The molecular weight excluding hydrogens is 313 g/mol. The van der Waals surface area contributed by atoms with E-state index < -0.39 is 23.5 Å². The molecule has 4 nitrogen and oxygen atoms in total. The average Bonchev–Trinajstić information content (AvgIpc) is 2.49. The molecule has 1 aromatic rings. The first-order chi connectivity index (χ1) is 10.8. The topological polar surface area (TPSA) is 55.8 Å². The van der Waals surface area contributed by atoms with Crippen LogP contribution in [0.15, 0.2) is 29.8 Å². The van der Waals surface area contributed by atoms with Crippen molar-refractivity contribution in [3.63, 3.8) is 0 Å². The van der Waals surface area contributed by atoms with Crippen molar-refractivity contribution in [1.82, 2.24) is 0 Å². The zero-order chi connectivity index (χ0) is 17.1. The van der Waals surface area contributed by atoms with Crippen LogP contribution >= 0.6 is 0 Å². The van der Waals surface area contributed by atoms with E-state index in [4.69, 9.17) is 9.47 Å². The van der Waals surface area contributed by atoms with Crippen molar-refractivity contribution in [2.75, 3.05) is 6.61 Å². The van der Waals surface area contributed by atoms with Gasteiger partial charge in [-0.2, -0.15) is 13.2 Å². The number of ether oxygens (including phenoxy) is 2. The molecule has 0 amide bonds. The second-order valence-electron chi connectivity index (χ2n) is 5.17. The minimum atomic E-state index is -5.03. The van der Waals surface area contributed by atoms with E-state index in [1.807, 2.05) is 6.92 Å². The summed E-state index contributed by atoms with van der Waals surface area (Å²) in [5.41, 5.74) is -0.706. The third-order valence-electron chi connectivity index (χ3n) is 3.48. The SMILES string of the molecule is CCCCCO[C@@]1(C(F)(F)F)Oc2ccccc2C=C1C(=O)O. The maximum Gasteiger partial charge on any atom is 0.460 e. The summed E-state index contributed by atoms with van der Waals surface area (Å²) >= 11 is 0. The summed E-state index contributed by atoms with van der Waals surface area (Å²) in [6, 6.07) is 5.92. The van der Waals surface area contributed by atoms with Crippen molar-refractivity contribution in [3.8, 4) is 5.75 Å². The van der Waals surface area contributed by atoms with Crippen LogP contribution < -0.4 is 4.74 Å². The van der Waals surface area contributed by atoms with Crippen molar-refractivity contribution < 1.29 is 32.5 Å². The highest BCUT2D eigenvalue weighted by atomic mass is 19.4. The van der Waals surface area contributed by atoms with Crippen molar-refractivity contribution >= 4 is 12.0 Å². The molecule has 0 spiro atoms. The monoisotopic (exact) mass is 330 g/mol. The predicted octanol–water partition coefficient (Wildman–Crippen LogP) is 4.01. The highest BCUT2D eigenvalue weighted by molar-refractivity contribution is 5.95. The van der Waals surface area contributed by atoms with Crippen LogP contribution in [0.1, 0.15) is 31.7 Å². The normalized spacial score (nSPS) is 20.4. The molecule has 0 saturated carbocycles. The maximum atomic E-state index is 13.7. The lowest BCUT2D eigenvalue weighted by Crippen LogP contribution is -2.57. The summed E-state index contributed by atoms with van der Waals surface area (Å²) < 4.78 is 51.0. The summed E-state index contributed by atoms with van der Waals surface area (Å²) in [6.45, 7) is 1.65. The van der Waals surface area contributed by atoms with Gasteiger partial charge in [0.2, 0.25) is 0 Å². The van der Waals surface area contributed by atoms with Gasteiger partial charge in [-0.3, -0.25) is 0 Å². The van der Waals surface area contributed by atoms with E-state index in [0.717, 1.165) is 12.5 Å². The van der Waals surface area contributed by atoms with Gasteiger partial charge in [-0.25, -0.2) is 4.79 Å². The Balaban J connectivity index is 2.45. The van der Waals surface area contributed by atoms with Gasteiger partial charge in [-0.1, -0.05) is 38.0 Å². The average molecular weight is 330 g/mol. The number of fused-ring (bicyclic) bond motifs is 1. The Morgan fingerprint density at radius 2 is 2.00 bits per heavy atom. The Labute approximate surface area is 131 Å². The maximum absolute atomic E-state index is 13.7. The number of benzene rings is 1. The van der Waals surface area contributed by atoms with E-state index in [2.05, 4.69) is 0 Å². The largest absolute Gasteiger partial charge is 0.478 e. The molecule has 7 heteroatoms. The molecule has 0 fully saturated rings. The first kappa shape index (κ1) is 17.3. The molecule has 126 valence electrons. The summed E-state index contributed by atoms with van der Waals surface area (Å²) in [4.78, 5) is 11.4. The van der Waals surface area contributed by atoms with Gasteiger partial charge in [0.05, 0.1) is 6.61 Å². The van der Waals surface area contributed by atoms with Crippen LogP contribution in [0, 0.1) is 0 Å². The molecule has 0 saturated heterocycles. The zero-order valence-corrected chi connectivity index (χ0v) is 12.5. The number of hydrogen-bond donors (Lipinski definition) is 1. The Hall–Kier alpha value is -2.02. The van der Waals surface area contributed by atoms with Crippen LogP contribution in [-0.4, -0.2) is 29.6 Å². The van der Waals surface area contributed by atoms with E-state index in [9.17, 15) is 23.1 Å². The van der Waals surface area contributed by atoms with E-state index in [1.165, 1.54) is 18.2 Å². The van der Waals surface area contributed by atoms with Crippen LogP contribution in [-0.2, 0) is 9.53 Å². The standard InChI is InChI=1S/C16H17F3O4/c1-2-3-6-9-22-15(16(17,18)19)12(14(20)21)10-11-7-4-5-8-13(11)23-15/h4-5,7-8,10H,2-3,6,9H2,1H3,(H,20,21)/t15-/m1/s1. The number of carbonyl (C=O) groups is 1. The van der Waals surface area contributed by atoms with Crippen molar-refractivity contribution in [2.45, 2.75) is 38.1 Å². The van der Waals surface area contributed by atoms with Crippen LogP contribution in [0.4, 0.5) is 13.2 Å². The quantitative estimate of drug-likeness (QED) is 0.801. The molecule has 0 bridgehead atoms. The third kappa shape index (κ3) is 3.34. The van der Waals surface area contributed by atoms with Crippen LogP contribution in [0.5, 0.6) is 5.75 Å². The Kier molecular flexibility index (Phi) is 4.99. The van der Waals surface area contributed by atoms with Gasteiger partial charge in [0.25, 0.3) is 0 Å². The molecule has 0 aliphatic carbocycles. The van der Waals surface area contributed by atoms with E-state index in [-0.39, 0.29) is 17.9 Å². The number of rotatable bonds is 6. The number of halogens is 3. The summed E-state index contributed by atoms with van der Waals surface area (Å²) in [5.74, 6) is -5.08. The summed E-state index contributed by atoms with van der Waals surface area (Å²) in [6.07, 6.45) is -2.22. The zero-order valence-electron chi connectivity index (χ0n) is 12.5. The Morgan fingerprint density at radius 1 is 1.30 bits per heavy atom. The number of aliphatic carboxylic acids is 1. The molecule has 1 aliphatic rings. The number of alkyl halides is 3. The first-order valence-electron chi connectivity index (χ1n) is 7.26. The molecule has 1 atom stereocenters. The first-order valence-corrected chi connectivity index (χ1v) is 7.26.